The number of hydrogen-bond donors (Lipinski definition) is 0. The predicted octanol–water partition coefficient (Wildman–Crippen LogP) is 1.34. The van der Waals surface area contributed by atoms with Crippen LogP contribution < -0.4 is 0 Å². The lowest BCUT2D eigenvalue weighted by Gasteiger charge is -2.15. The molecule has 0 spiro atoms. The van der Waals surface area contributed by atoms with Gasteiger partial charge in [0, 0.05) is 6.92 Å². The van der Waals surface area contributed by atoms with Gasteiger partial charge in [0.1, 0.15) is 0 Å². The first-order valence-electron chi connectivity index (χ1n) is 3.31. The van der Waals surface area contributed by atoms with Gasteiger partial charge in [0.2, 0.25) is 0 Å². The van der Waals surface area contributed by atoms with Crippen molar-refractivity contribution in [1.29, 1.82) is 0 Å². The van der Waals surface area contributed by atoms with Gasteiger partial charge >= 0.3 is 5.97 Å². The zero-order valence-corrected chi connectivity index (χ0v) is 7.51. The zero-order valence-electron chi connectivity index (χ0n) is 6.76. The molecule has 3 nitrogen and oxygen atoms in total. The molecule has 0 aliphatic heterocycles. The summed E-state index contributed by atoms with van der Waals surface area (Å²) in [6.07, 6.45) is -0.811. The Kier molecular flexibility index (Phi) is 4.11. The molecule has 4 heteroatoms. The second-order valence-electron chi connectivity index (χ2n) is 2.58. The first-order valence-corrected chi connectivity index (χ1v) is 3.69. The Morgan fingerprint density at radius 1 is 1.36 bits per heavy atom. The normalized spacial score (nSPS) is 12.8. The highest BCUT2D eigenvalue weighted by molar-refractivity contribution is 6.64. The molecule has 11 heavy (non-hydrogen) atoms. The third-order valence-electron chi connectivity index (χ3n) is 1.12. The molecule has 0 radical (unpaired) electrons. The van der Waals surface area contributed by atoms with Gasteiger partial charge in [-0.05, 0) is 17.5 Å². The van der Waals surface area contributed by atoms with E-state index >= 15 is 0 Å². The second-order valence-corrected chi connectivity index (χ2v) is 2.95. The monoisotopic (exact) mass is 178 g/mol. The van der Waals surface area contributed by atoms with E-state index in [9.17, 15) is 9.59 Å². The molecule has 0 rings (SSSR count). The SMILES string of the molecule is CC(=O)O[C@H](C(=O)Cl)C(C)C. The minimum Gasteiger partial charge on any atom is -0.453 e. The van der Waals surface area contributed by atoms with E-state index in [1.807, 2.05) is 0 Å². The number of hydrogen-bond acceptors (Lipinski definition) is 3. The largest absolute Gasteiger partial charge is 0.453 e. The van der Waals surface area contributed by atoms with Crippen LogP contribution in [0.1, 0.15) is 20.8 Å². The summed E-state index contributed by atoms with van der Waals surface area (Å²) in [7, 11) is 0. The Morgan fingerprint density at radius 2 is 1.82 bits per heavy atom. The van der Waals surface area contributed by atoms with Gasteiger partial charge in [0.25, 0.3) is 5.24 Å². The smallest absolute Gasteiger partial charge is 0.303 e. The van der Waals surface area contributed by atoms with E-state index in [4.69, 9.17) is 11.6 Å². The van der Waals surface area contributed by atoms with Crippen molar-refractivity contribution in [3.05, 3.63) is 0 Å². The number of carbonyl (C=O) groups excluding carboxylic acids is 2. The topological polar surface area (TPSA) is 43.4 Å². The Morgan fingerprint density at radius 3 is 1.91 bits per heavy atom. The maximum atomic E-state index is 10.6. The number of carbonyl (C=O) groups is 2. The maximum Gasteiger partial charge on any atom is 0.303 e. The second kappa shape index (κ2) is 4.34. The first-order chi connectivity index (χ1) is 4.95. The molecule has 0 heterocycles. The molecule has 64 valence electrons. The standard InChI is InChI=1S/C7H11ClO3/c1-4(2)6(7(8)10)11-5(3)9/h4,6H,1-3H3/t6-/m0/s1. The van der Waals surface area contributed by atoms with Crippen molar-refractivity contribution in [1.82, 2.24) is 0 Å². The van der Waals surface area contributed by atoms with Crippen LogP contribution in [0.15, 0.2) is 0 Å². The summed E-state index contributed by atoms with van der Waals surface area (Å²) in [6, 6.07) is 0. The Hall–Kier alpha value is -0.570. The van der Waals surface area contributed by atoms with Crippen molar-refractivity contribution < 1.29 is 14.3 Å². The Labute approximate surface area is 70.7 Å². The zero-order chi connectivity index (χ0) is 9.02. The molecular weight excluding hydrogens is 168 g/mol. The molecule has 0 N–H and O–H groups in total. The molecule has 1 atom stereocenters. The average Bonchev–Trinajstić information content (AvgIpc) is 1.81. The van der Waals surface area contributed by atoms with Crippen LogP contribution in [0.4, 0.5) is 0 Å². The number of esters is 1. The Balaban J connectivity index is 4.12. The Bertz CT molecular complexity index is 165. The summed E-state index contributed by atoms with van der Waals surface area (Å²) in [5.41, 5.74) is 0. The fourth-order valence-electron chi connectivity index (χ4n) is 0.623. The van der Waals surface area contributed by atoms with Gasteiger partial charge in [-0.3, -0.25) is 9.59 Å². The molecule has 0 aliphatic rings. The molecule has 0 amide bonds. The van der Waals surface area contributed by atoms with Gasteiger partial charge in [0.05, 0.1) is 0 Å². The van der Waals surface area contributed by atoms with E-state index < -0.39 is 17.3 Å². The van der Waals surface area contributed by atoms with Crippen molar-refractivity contribution in [2.45, 2.75) is 26.9 Å². The van der Waals surface area contributed by atoms with Crippen LogP contribution in [0.3, 0.4) is 0 Å². The molecule has 0 aromatic rings. The van der Waals surface area contributed by atoms with Crippen LogP contribution in [-0.4, -0.2) is 17.3 Å². The lowest BCUT2D eigenvalue weighted by atomic mass is 10.1. The van der Waals surface area contributed by atoms with Gasteiger partial charge < -0.3 is 4.74 Å². The van der Waals surface area contributed by atoms with Crippen molar-refractivity contribution >= 4 is 22.8 Å². The minimum absolute atomic E-state index is 0.0797. The van der Waals surface area contributed by atoms with E-state index in [1.165, 1.54) is 6.92 Å². The van der Waals surface area contributed by atoms with Crippen LogP contribution >= 0.6 is 11.6 Å². The van der Waals surface area contributed by atoms with Crippen molar-refractivity contribution in [2.24, 2.45) is 5.92 Å². The van der Waals surface area contributed by atoms with Crippen LogP contribution in [0, 0.1) is 5.92 Å². The predicted molar refractivity (Wildman–Crippen MR) is 41.3 cm³/mol. The highest BCUT2D eigenvalue weighted by Crippen LogP contribution is 2.09. The highest BCUT2D eigenvalue weighted by Gasteiger charge is 2.22. The molecule has 0 unspecified atom stereocenters. The van der Waals surface area contributed by atoms with Gasteiger partial charge in [-0.1, -0.05) is 13.8 Å². The number of halogens is 1. The van der Waals surface area contributed by atoms with Gasteiger partial charge in [0.15, 0.2) is 6.10 Å². The van der Waals surface area contributed by atoms with E-state index in [-0.39, 0.29) is 5.92 Å². The summed E-state index contributed by atoms with van der Waals surface area (Å²) in [6.45, 7) is 4.76. The van der Waals surface area contributed by atoms with E-state index in [2.05, 4.69) is 4.74 Å². The lowest BCUT2D eigenvalue weighted by molar-refractivity contribution is -0.152. The summed E-state index contributed by atoms with van der Waals surface area (Å²) in [5.74, 6) is -0.568. The van der Waals surface area contributed by atoms with Gasteiger partial charge in [-0.15, -0.1) is 0 Å². The number of rotatable bonds is 3. The average molecular weight is 179 g/mol. The van der Waals surface area contributed by atoms with Crippen LogP contribution in [0.2, 0.25) is 0 Å². The van der Waals surface area contributed by atoms with Crippen LogP contribution in [0.25, 0.3) is 0 Å². The van der Waals surface area contributed by atoms with Crippen molar-refractivity contribution in [3.63, 3.8) is 0 Å². The molecule has 0 saturated heterocycles. The highest BCUT2D eigenvalue weighted by atomic mass is 35.5. The van der Waals surface area contributed by atoms with Crippen LogP contribution in [-0.2, 0) is 14.3 Å². The maximum absolute atomic E-state index is 10.6. The van der Waals surface area contributed by atoms with E-state index in [0.717, 1.165) is 0 Å². The molecule has 0 aliphatic carbocycles. The molecule has 0 aromatic heterocycles. The molecule has 0 bridgehead atoms. The van der Waals surface area contributed by atoms with E-state index in [1.54, 1.807) is 13.8 Å². The molecule has 0 saturated carbocycles. The quantitative estimate of drug-likeness (QED) is 0.484. The minimum atomic E-state index is -0.811. The number of ether oxygens (including phenoxy) is 1. The third kappa shape index (κ3) is 3.98. The molecular formula is C7H11ClO3. The summed E-state index contributed by atoms with van der Waals surface area (Å²) in [5, 5.41) is -0.629. The van der Waals surface area contributed by atoms with Gasteiger partial charge in [-0.2, -0.15) is 0 Å². The van der Waals surface area contributed by atoms with Crippen LogP contribution in [0.5, 0.6) is 0 Å². The lowest BCUT2D eigenvalue weighted by Crippen LogP contribution is -2.28. The van der Waals surface area contributed by atoms with E-state index in [0.29, 0.717) is 0 Å². The third-order valence-corrected chi connectivity index (χ3v) is 1.34. The summed E-state index contributed by atoms with van der Waals surface area (Å²) < 4.78 is 4.65. The first kappa shape index (κ1) is 10.4. The fraction of sp³-hybridized carbons (Fsp3) is 0.714. The van der Waals surface area contributed by atoms with Crippen molar-refractivity contribution in [3.8, 4) is 0 Å². The summed E-state index contributed by atoms with van der Waals surface area (Å²) >= 11 is 5.17. The molecule has 0 fully saturated rings. The molecule has 0 aromatic carbocycles. The van der Waals surface area contributed by atoms with Crippen molar-refractivity contribution in [2.75, 3.05) is 0 Å². The van der Waals surface area contributed by atoms with Gasteiger partial charge in [-0.25, -0.2) is 0 Å². The summed E-state index contributed by atoms with van der Waals surface area (Å²) in [4.78, 5) is 21.0. The fourth-order valence-corrected chi connectivity index (χ4v) is 0.920.